The van der Waals surface area contributed by atoms with Crippen molar-refractivity contribution in [2.45, 2.75) is 57.4 Å². The quantitative estimate of drug-likeness (QED) is 0.829. The summed E-state index contributed by atoms with van der Waals surface area (Å²) in [4.78, 5) is 2.59. The second-order valence-electron chi connectivity index (χ2n) is 7.07. The van der Waals surface area contributed by atoms with Crippen molar-refractivity contribution in [3.63, 3.8) is 0 Å². The van der Waals surface area contributed by atoms with E-state index >= 15 is 0 Å². The molecule has 1 aliphatic heterocycles. The fourth-order valence-corrected chi connectivity index (χ4v) is 4.76. The standard InChI is InChI=1S/C19H29NO/c1-5-6-9-19-10-11-20(3)18(14(19)2)12-15-7-8-16(21-4)13-17(15)19/h7-8,13-14,18H,5-6,9-12H2,1-4H3/t14?,18?,19-/m0/s1. The van der Waals surface area contributed by atoms with Gasteiger partial charge in [-0.3, -0.25) is 0 Å². The van der Waals surface area contributed by atoms with E-state index in [1.807, 2.05) is 0 Å². The molecule has 1 saturated heterocycles. The summed E-state index contributed by atoms with van der Waals surface area (Å²) >= 11 is 0. The predicted octanol–water partition coefficient (Wildman–Crippen LogP) is 4.02. The zero-order chi connectivity index (χ0) is 15.0. The van der Waals surface area contributed by atoms with E-state index in [9.17, 15) is 0 Å². The number of benzene rings is 1. The fraction of sp³-hybridized carbons (Fsp3) is 0.684. The van der Waals surface area contributed by atoms with Crippen molar-refractivity contribution in [2.75, 3.05) is 20.7 Å². The minimum Gasteiger partial charge on any atom is -0.497 e. The summed E-state index contributed by atoms with van der Waals surface area (Å²) in [6.07, 6.45) is 6.44. The van der Waals surface area contributed by atoms with E-state index in [0.29, 0.717) is 11.5 Å². The van der Waals surface area contributed by atoms with Crippen LogP contribution in [0.2, 0.25) is 0 Å². The van der Waals surface area contributed by atoms with Crippen molar-refractivity contribution in [3.05, 3.63) is 29.3 Å². The molecule has 1 heterocycles. The Kier molecular flexibility index (Phi) is 4.00. The summed E-state index contributed by atoms with van der Waals surface area (Å²) in [7, 11) is 4.09. The van der Waals surface area contributed by atoms with Crippen LogP contribution in [-0.4, -0.2) is 31.6 Å². The van der Waals surface area contributed by atoms with Crippen molar-refractivity contribution in [1.82, 2.24) is 4.90 Å². The highest BCUT2D eigenvalue weighted by atomic mass is 16.5. The van der Waals surface area contributed by atoms with E-state index in [2.05, 4.69) is 44.0 Å². The average molecular weight is 287 g/mol. The van der Waals surface area contributed by atoms with Gasteiger partial charge in [-0.2, -0.15) is 0 Å². The number of piperidine rings is 1. The molecule has 2 bridgehead atoms. The van der Waals surface area contributed by atoms with Crippen LogP contribution in [-0.2, 0) is 11.8 Å². The minimum atomic E-state index is 0.370. The molecule has 1 aromatic rings. The lowest BCUT2D eigenvalue weighted by Gasteiger charge is -2.55. The van der Waals surface area contributed by atoms with Crippen molar-refractivity contribution in [2.24, 2.45) is 5.92 Å². The summed E-state index contributed by atoms with van der Waals surface area (Å²) in [5, 5.41) is 0. The van der Waals surface area contributed by atoms with E-state index in [1.54, 1.807) is 18.2 Å². The Balaban J connectivity index is 2.09. The molecule has 21 heavy (non-hydrogen) atoms. The van der Waals surface area contributed by atoms with Crippen molar-refractivity contribution >= 4 is 0 Å². The maximum Gasteiger partial charge on any atom is 0.119 e. The number of likely N-dealkylation sites (tertiary alicyclic amines) is 1. The zero-order valence-corrected chi connectivity index (χ0v) is 14.0. The molecule has 1 aliphatic carbocycles. The molecule has 2 heteroatoms. The number of ether oxygens (including phenoxy) is 1. The molecule has 3 rings (SSSR count). The summed E-state index contributed by atoms with van der Waals surface area (Å²) in [5.41, 5.74) is 3.52. The van der Waals surface area contributed by atoms with Gasteiger partial charge in [0.1, 0.15) is 5.75 Å². The number of hydrogen-bond donors (Lipinski definition) is 0. The van der Waals surface area contributed by atoms with Crippen LogP contribution in [0.3, 0.4) is 0 Å². The van der Waals surface area contributed by atoms with Crippen LogP contribution in [0.15, 0.2) is 18.2 Å². The van der Waals surface area contributed by atoms with Gasteiger partial charge in [-0.15, -0.1) is 0 Å². The van der Waals surface area contributed by atoms with E-state index in [-0.39, 0.29) is 0 Å². The number of likely N-dealkylation sites (N-methyl/N-ethyl adjacent to an activating group) is 1. The molecule has 0 spiro atoms. The SMILES string of the molecule is CCCC[C@@]12CCN(C)C(Cc3ccc(OC)cc31)C2C. The lowest BCUT2D eigenvalue weighted by atomic mass is 9.56. The van der Waals surface area contributed by atoms with Gasteiger partial charge in [0.2, 0.25) is 0 Å². The van der Waals surface area contributed by atoms with Gasteiger partial charge in [-0.25, -0.2) is 0 Å². The Hall–Kier alpha value is -1.02. The second-order valence-corrected chi connectivity index (χ2v) is 7.07. The Bertz CT molecular complexity index is 508. The number of nitrogens with zero attached hydrogens (tertiary/aromatic N) is 1. The molecule has 116 valence electrons. The monoisotopic (exact) mass is 287 g/mol. The van der Waals surface area contributed by atoms with E-state index in [0.717, 1.165) is 11.7 Å². The summed E-state index contributed by atoms with van der Waals surface area (Å²) in [6, 6.07) is 7.49. The van der Waals surface area contributed by atoms with Gasteiger partial charge in [0.15, 0.2) is 0 Å². The van der Waals surface area contributed by atoms with Crippen molar-refractivity contribution < 1.29 is 4.74 Å². The third kappa shape index (κ3) is 2.28. The van der Waals surface area contributed by atoms with Gasteiger partial charge in [-0.1, -0.05) is 32.8 Å². The van der Waals surface area contributed by atoms with Crippen molar-refractivity contribution in [1.29, 1.82) is 0 Å². The second kappa shape index (κ2) is 5.64. The topological polar surface area (TPSA) is 12.5 Å². The molecule has 1 fully saturated rings. The first-order valence-corrected chi connectivity index (χ1v) is 8.50. The van der Waals surface area contributed by atoms with Crippen LogP contribution >= 0.6 is 0 Å². The molecular weight excluding hydrogens is 258 g/mol. The van der Waals surface area contributed by atoms with Gasteiger partial charge in [0, 0.05) is 11.5 Å². The molecule has 2 aliphatic rings. The van der Waals surface area contributed by atoms with Crippen LogP contribution in [0, 0.1) is 5.92 Å². The first kappa shape index (κ1) is 14.9. The van der Waals surface area contributed by atoms with Gasteiger partial charge in [0.05, 0.1) is 7.11 Å². The number of unbranched alkanes of at least 4 members (excludes halogenated alkanes) is 1. The largest absolute Gasteiger partial charge is 0.497 e. The molecule has 3 atom stereocenters. The molecular formula is C19H29NO. The zero-order valence-electron chi connectivity index (χ0n) is 14.0. The number of fused-ring (bicyclic) bond motifs is 4. The first-order chi connectivity index (χ1) is 10.1. The maximum absolute atomic E-state index is 5.51. The average Bonchev–Trinajstić information content (AvgIpc) is 2.50. The molecule has 2 unspecified atom stereocenters. The van der Waals surface area contributed by atoms with Gasteiger partial charge >= 0.3 is 0 Å². The summed E-state index contributed by atoms with van der Waals surface area (Å²) < 4.78 is 5.51. The van der Waals surface area contributed by atoms with Gasteiger partial charge in [0.25, 0.3) is 0 Å². The van der Waals surface area contributed by atoms with Crippen LogP contribution < -0.4 is 4.74 Å². The third-order valence-corrected chi connectivity index (χ3v) is 6.18. The molecule has 0 aromatic heterocycles. The lowest BCUT2D eigenvalue weighted by Crippen LogP contribution is -2.57. The Morgan fingerprint density at radius 2 is 2.19 bits per heavy atom. The number of hydrogen-bond acceptors (Lipinski definition) is 2. The van der Waals surface area contributed by atoms with Crippen LogP contribution in [0.25, 0.3) is 0 Å². The summed E-state index contributed by atoms with van der Waals surface area (Å²) in [5.74, 6) is 1.76. The Morgan fingerprint density at radius 1 is 1.38 bits per heavy atom. The molecule has 0 N–H and O–H groups in total. The van der Waals surface area contributed by atoms with Gasteiger partial charge in [-0.05, 0) is 62.0 Å². The molecule has 0 radical (unpaired) electrons. The first-order valence-electron chi connectivity index (χ1n) is 8.50. The summed E-state index contributed by atoms with van der Waals surface area (Å²) in [6.45, 7) is 6.02. The highest BCUT2D eigenvalue weighted by Gasteiger charge is 2.49. The predicted molar refractivity (Wildman–Crippen MR) is 88.1 cm³/mol. The Morgan fingerprint density at radius 3 is 2.90 bits per heavy atom. The van der Waals surface area contributed by atoms with Crippen LogP contribution in [0.5, 0.6) is 5.75 Å². The fourth-order valence-electron chi connectivity index (χ4n) is 4.76. The normalized spacial score (nSPS) is 31.8. The van der Waals surface area contributed by atoms with Crippen LogP contribution in [0.4, 0.5) is 0 Å². The maximum atomic E-state index is 5.51. The van der Waals surface area contributed by atoms with E-state index < -0.39 is 0 Å². The molecule has 1 aromatic carbocycles. The third-order valence-electron chi connectivity index (χ3n) is 6.18. The molecule has 2 nitrogen and oxygen atoms in total. The van der Waals surface area contributed by atoms with Crippen molar-refractivity contribution in [3.8, 4) is 5.75 Å². The number of rotatable bonds is 4. The smallest absolute Gasteiger partial charge is 0.119 e. The highest BCUT2D eigenvalue weighted by molar-refractivity contribution is 5.45. The number of methoxy groups -OCH3 is 1. The molecule has 0 amide bonds. The Labute approximate surface area is 129 Å². The van der Waals surface area contributed by atoms with E-state index in [1.165, 1.54) is 38.6 Å². The van der Waals surface area contributed by atoms with Crippen LogP contribution in [0.1, 0.15) is 50.7 Å². The minimum absolute atomic E-state index is 0.370. The molecule has 0 saturated carbocycles. The van der Waals surface area contributed by atoms with E-state index in [4.69, 9.17) is 4.74 Å². The van der Waals surface area contributed by atoms with Gasteiger partial charge < -0.3 is 9.64 Å². The highest BCUT2D eigenvalue weighted by Crippen LogP contribution is 2.51. The lowest BCUT2D eigenvalue weighted by molar-refractivity contribution is 0.0346.